The van der Waals surface area contributed by atoms with Crippen molar-refractivity contribution in [2.45, 2.75) is 0 Å². The number of hydrogen-bond donors (Lipinski definition) is 0. The second kappa shape index (κ2) is 6.03. The number of para-hydroxylation sites is 1. The van der Waals surface area contributed by atoms with Crippen molar-refractivity contribution in [2.75, 3.05) is 20.3 Å². The van der Waals surface area contributed by atoms with Crippen LogP contribution in [0.3, 0.4) is 0 Å². The number of benzene rings is 1. The van der Waals surface area contributed by atoms with Gasteiger partial charge in [0.1, 0.15) is 12.4 Å². The maximum Gasteiger partial charge on any atom is 0.133 e. The van der Waals surface area contributed by atoms with E-state index in [1.54, 1.807) is 7.11 Å². The lowest BCUT2D eigenvalue weighted by molar-refractivity contribution is 0.211. The van der Waals surface area contributed by atoms with Crippen molar-refractivity contribution in [1.82, 2.24) is 0 Å². The van der Waals surface area contributed by atoms with Crippen LogP contribution in [0.5, 0.6) is 5.75 Å². The summed E-state index contributed by atoms with van der Waals surface area (Å²) in [5.41, 5.74) is 0.937. The predicted octanol–water partition coefficient (Wildman–Crippen LogP) is 2.87. The summed E-state index contributed by atoms with van der Waals surface area (Å²) < 4.78 is 11.6. The average Bonchev–Trinajstić information content (AvgIpc) is 2.17. The number of methoxy groups -OCH3 is 1. The van der Waals surface area contributed by atoms with E-state index in [2.05, 4.69) is 29.2 Å². The fraction of sp³-hybridized carbons (Fsp3) is 0.273. The van der Waals surface area contributed by atoms with E-state index in [0.717, 1.165) is 14.9 Å². The number of rotatable bonds is 5. The fourth-order valence-electron chi connectivity index (χ4n) is 0.987. The Morgan fingerprint density at radius 1 is 1.36 bits per heavy atom. The van der Waals surface area contributed by atoms with Gasteiger partial charge in [-0.25, -0.2) is 0 Å². The zero-order chi connectivity index (χ0) is 10.4. The minimum atomic E-state index is 0.508. The van der Waals surface area contributed by atoms with Gasteiger partial charge < -0.3 is 9.47 Å². The second-order valence-electron chi connectivity index (χ2n) is 2.90. The Kier molecular flexibility index (Phi) is 4.97. The zero-order valence-electron chi connectivity index (χ0n) is 8.13. The van der Waals surface area contributed by atoms with Gasteiger partial charge in [0.2, 0.25) is 0 Å². The molecule has 0 unspecified atom stereocenters. The Morgan fingerprint density at radius 2 is 2.07 bits per heavy atom. The molecule has 1 aromatic carbocycles. The Balaban J connectivity index is 2.46. The minimum absolute atomic E-state index is 0.508. The van der Waals surface area contributed by atoms with Gasteiger partial charge in [-0.1, -0.05) is 18.7 Å². The van der Waals surface area contributed by atoms with Crippen LogP contribution in [0.15, 0.2) is 36.4 Å². The summed E-state index contributed by atoms with van der Waals surface area (Å²) in [6, 6.07) is 7.89. The summed E-state index contributed by atoms with van der Waals surface area (Å²) in [5, 5.41) is 0. The summed E-state index contributed by atoms with van der Waals surface area (Å²) in [7, 11) is 1.65. The van der Waals surface area contributed by atoms with Gasteiger partial charge in [0.15, 0.2) is 0 Å². The quantitative estimate of drug-likeness (QED) is 0.615. The van der Waals surface area contributed by atoms with E-state index in [0.29, 0.717) is 13.2 Å². The highest BCUT2D eigenvalue weighted by Gasteiger charge is 2.00. The minimum Gasteiger partial charge on any atom is -0.488 e. The maximum atomic E-state index is 5.56. The Bertz CT molecular complexity index is 310. The molecule has 0 N–H and O–H groups in total. The number of hydrogen-bond acceptors (Lipinski definition) is 2. The molecule has 2 nitrogen and oxygen atoms in total. The molecule has 76 valence electrons. The molecule has 0 radical (unpaired) electrons. The van der Waals surface area contributed by atoms with E-state index in [1.165, 1.54) is 0 Å². The molecule has 0 saturated heterocycles. The number of ether oxygens (including phenoxy) is 2. The van der Waals surface area contributed by atoms with Crippen LogP contribution in [0, 0.1) is 3.57 Å². The third-order valence-corrected chi connectivity index (χ3v) is 2.51. The monoisotopic (exact) mass is 304 g/mol. The Hall–Kier alpha value is -0.550. The average molecular weight is 304 g/mol. The van der Waals surface area contributed by atoms with Crippen LogP contribution >= 0.6 is 22.6 Å². The van der Waals surface area contributed by atoms with Gasteiger partial charge in [-0.2, -0.15) is 0 Å². The molecular formula is C11H13IO2. The van der Waals surface area contributed by atoms with Crippen LogP contribution in [0.1, 0.15) is 0 Å². The van der Waals surface area contributed by atoms with Gasteiger partial charge in [-0.05, 0) is 40.3 Å². The Labute approximate surface area is 98.1 Å². The van der Waals surface area contributed by atoms with Crippen LogP contribution in [0.25, 0.3) is 0 Å². The highest BCUT2D eigenvalue weighted by Crippen LogP contribution is 2.19. The first kappa shape index (κ1) is 11.5. The van der Waals surface area contributed by atoms with E-state index in [-0.39, 0.29) is 0 Å². The molecule has 0 fully saturated rings. The largest absolute Gasteiger partial charge is 0.488 e. The highest BCUT2D eigenvalue weighted by molar-refractivity contribution is 14.1. The van der Waals surface area contributed by atoms with E-state index in [1.807, 2.05) is 24.3 Å². The molecule has 0 aliphatic rings. The topological polar surface area (TPSA) is 18.5 Å². The van der Waals surface area contributed by atoms with Crippen LogP contribution in [0.2, 0.25) is 0 Å². The normalized spacial score (nSPS) is 9.86. The molecule has 0 atom stereocenters. The van der Waals surface area contributed by atoms with Crippen LogP contribution < -0.4 is 4.74 Å². The SMILES string of the molecule is C=C(COC)COc1ccccc1I. The van der Waals surface area contributed by atoms with Crippen LogP contribution in [-0.4, -0.2) is 20.3 Å². The van der Waals surface area contributed by atoms with Crippen LogP contribution in [-0.2, 0) is 4.74 Å². The first-order valence-electron chi connectivity index (χ1n) is 4.27. The number of halogens is 1. The van der Waals surface area contributed by atoms with Crippen molar-refractivity contribution in [3.8, 4) is 5.75 Å². The van der Waals surface area contributed by atoms with Gasteiger partial charge >= 0.3 is 0 Å². The van der Waals surface area contributed by atoms with Gasteiger partial charge in [0.25, 0.3) is 0 Å². The van der Waals surface area contributed by atoms with Crippen molar-refractivity contribution in [2.24, 2.45) is 0 Å². The molecular weight excluding hydrogens is 291 g/mol. The smallest absolute Gasteiger partial charge is 0.133 e. The molecule has 0 aliphatic heterocycles. The zero-order valence-corrected chi connectivity index (χ0v) is 10.3. The third kappa shape index (κ3) is 3.67. The summed E-state index contributed by atoms with van der Waals surface area (Å²) in [4.78, 5) is 0. The molecule has 0 heterocycles. The lowest BCUT2D eigenvalue weighted by Gasteiger charge is -2.09. The van der Waals surface area contributed by atoms with Crippen LogP contribution in [0.4, 0.5) is 0 Å². The molecule has 1 aromatic rings. The molecule has 0 saturated carbocycles. The molecule has 0 aliphatic carbocycles. The Morgan fingerprint density at radius 3 is 2.71 bits per heavy atom. The first-order valence-corrected chi connectivity index (χ1v) is 5.35. The van der Waals surface area contributed by atoms with Gasteiger partial charge in [0, 0.05) is 7.11 Å². The molecule has 3 heteroatoms. The lowest BCUT2D eigenvalue weighted by atomic mass is 10.3. The standard InChI is InChI=1S/C11H13IO2/c1-9(7-13-2)8-14-11-6-4-3-5-10(11)12/h3-6H,1,7-8H2,2H3. The maximum absolute atomic E-state index is 5.56. The molecule has 14 heavy (non-hydrogen) atoms. The van der Waals surface area contributed by atoms with E-state index in [9.17, 15) is 0 Å². The van der Waals surface area contributed by atoms with Crippen molar-refractivity contribution in [1.29, 1.82) is 0 Å². The summed E-state index contributed by atoms with van der Waals surface area (Å²) >= 11 is 2.24. The van der Waals surface area contributed by atoms with Crippen molar-refractivity contribution in [3.63, 3.8) is 0 Å². The molecule has 1 rings (SSSR count). The van der Waals surface area contributed by atoms with E-state index >= 15 is 0 Å². The summed E-state index contributed by atoms with van der Waals surface area (Å²) in [6.45, 7) is 4.89. The molecule has 0 bridgehead atoms. The molecule has 0 aromatic heterocycles. The molecule has 0 spiro atoms. The summed E-state index contributed by atoms with van der Waals surface area (Å²) in [5.74, 6) is 0.894. The lowest BCUT2D eigenvalue weighted by Crippen LogP contribution is -2.05. The van der Waals surface area contributed by atoms with Crippen molar-refractivity contribution < 1.29 is 9.47 Å². The van der Waals surface area contributed by atoms with Gasteiger partial charge in [0.05, 0.1) is 10.2 Å². The third-order valence-electron chi connectivity index (χ3n) is 1.62. The summed E-state index contributed by atoms with van der Waals surface area (Å²) in [6.07, 6.45) is 0. The van der Waals surface area contributed by atoms with Crippen molar-refractivity contribution in [3.05, 3.63) is 40.0 Å². The van der Waals surface area contributed by atoms with Gasteiger partial charge in [-0.15, -0.1) is 0 Å². The van der Waals surface area contributed by atoms with E-state index in [4.69, 9.17) is 9.47 Å². The van der Waals surface area contributed by atoms with Crippen molar-refractivity contribution >= 4 is 22.6 Å². The fourth-order valence-corrected chi connectivity index (χ4v) is 1.53. The van der Waals surface area contributed by atoms with Gasteiger partial charge in [-0.3, -0.25) is 0 Å². The second-order valence-corrected chi connectivity index (χ2v) is 4.06. The van der Waals surface area contributed by atoms with E-state index < -0.39 is 0 Å². The highest BCUT2D eigenvalue weighted by atomic mass is 127. The predicted molar refractivity (Wildman–Crippen MR) is 65.7 cm³/mol. The first-order chi connectivity index (χ1) is 6.74. The molecule has 0 amide bonds.